The number of fused-ring (bicyclic) bond motifs is 1. The summed E-state index contributed by atoms with van der Waals surface area (Å²) >= 11 is 0. The predicted octanol–water partition coefficient (Wildman–Crippen LogP) is 1.48. The molecule has 2 heterocycles. The summed E-state index contributed by atoms with van der Waals surface area (Å²) in [6.45, 7) is 8.39. The first-order valence-electron chi connectivity index (χ1n) is 5.23. The fraction of sp³-hybridized carbons (Fsp3) is 1.00. The van der Waals surface area contributed by atoms with Gasteiger partial charge in [-0.3, -0.25) is 0 Å². The van der Waals surface area contributed by atoms with Gasteiger partial charge in [0.25, 0.3) is 0 Å². The zero-order valence-electron chi connectivity index (χ0n) is 8.14. The van der Waals surface area contributed by atoms with Gasteiger partial charge in [-0.15, -0.1) is 0 Å². The Morgan fingerprint density at radius 1 is 1.23 bits per heavy atom. The van der Waals surface area contributed by atoms with Crippen molar-refractivity contribution in [2.45, 2.75) is 33.7 Å². The van der Waals surface area contributed by atoms with Crippen molar-refractivity contribution in [1.82, 2.24) is 10.6 Å². The molecule has 2 rings (SSSR count). The average molecular weight is 184 g/mol. The van der Waals surface area contributed by atoms with E-state index in [1.807, 2.05) is 0 Å². The Bertz CT molecular complexity index is 156. The van der Waals surface area contributed by atoms with Crippen LogP contribution < -0.4 is 10.6 Å². The molecule has 0 aromatic carbocycles. The fourth-order valence-corrected chi connectivity index (χ4v) is 2.75. The van der Waals surface area contributed by atoms with Crippen molar-refractivity contribution in [2.24, 2.45) is 17.8 Å². The number of nitrogens with one attached hydrogen (secondary N) is 2. The third-order valence-corrected chi connectivity index (χ3v) is 3.55. The van der Waals surface area contributed by atoms with E-state index in [-0.39, 0.29) is 7.43 Å². The maximum atomic E-state index is 3.65. The molecular formula is C11H24N2. The molecule has 0 aromatic heterocycles. The molecule has 0 aromatic rings. The molecule has 0 radical (unpaired) electrons. The minimum atomic E-state index is 0. The lowest BCUT2D eigenvalue weighted by atomic mass is 9.80. The van der Waals surface area contributed by atoms with Gasteiger partial charge in [-0.05, 0) is 43.8 Å². The van der Waals surface area contributed by atoms with E-state index < -0.39 is 0 Å². The second kappa shape index (κ2) is 4.43. The Balaban J connectivity index is 0.000000845. The molecular weight excluding hydrogens is 160 g/mol. The molecule has 2 saturated heterocycles. The van der Waals surface area contributed by atoms with Crippen LogP contribution in [0.2, 0.25) is 0 Å². The highest BCUT2D eigenvalue weighted by molar-refractivity contribution is 4.95. The second-order valence-electron chi connectivity index (χ2n) is 4.58. The zero-order chi connectivity index (χ0) is 8.55. The molecule has 0 amide bonds. The molecule has 2 fully saturated rings. The first kappa shape index (κ1) is 11.0. The van der Waals surface area contributed by atoms with Crippen molar-refractivity contribution in [3.05, 3.63) is 0 Å². The second-order valence-corrected chi connectivity index (χ2v) is 4.58. The van der Waals surface area contributed by atoms with Crippen molar-refractivity contribution in [3.8, 4) is 0 Å². The van der Waals surface area contributed by atoms with Gasteiger partial charge in [-0.1, -0.05) is 21.3 Å². The normalized spacial score (nSPS) is 38.5. The molecule has 2 heteroatoms. The maximum Gasteiger partial charge on any atom is 0.0123 e. The summed E-state index contributed by atoms with van der Waals surface area (Å²) < 4.78 is 0. The summed E-state index contributed by atoms with van der Waals surface area (Å²) in [5, 5.41) is 7.15. The Hall–Kier alpha value is -0.0800. The zero-order valence-corrected chi connectivity index (χ0v) is 8.14. The first-order chi connectivity index (χ1) is 5.79. The van der Waals surface area contributed by atoms with Crippen LogP contribution in [0.4, 0.5) is 0 Å². The molecule has 0 saturated carbocycles. The summed E-state index contributed by atoms with van der Waals surface area (Å²) in [6, 6.07) is 0.818. The first-order valence-corrected chi connectivity index (χ1v) is 5.23. The lowest BCUT2D eigenvalue weighted by Gasteiger charge is -2.30. The number of hydrogen-bond acceptors (Lipinski definition) is 2. The minimum absolute atomic E-state index is 0. The highest BCUT2D eigenvalue weighted by Crippen LogP contribution is 2.31. The van der Waals surface area contributed by atoms with Gasteiger partial charge < -0.3 is 10.6 Å². The summed E-state index contributed by atoms with van der Waals surface area (Å²) in [7, 11) is 0. The van der Waals surface area contributed by atoms with Gasteiger partial charge in [0, 0.05) is 6.04 Å². The molecule has 3 atom stereocenters. The van der Waals surface area contributed by atoms with Crippen LogP contribution in [0.25, 0.3) is 0 Å². The van der Waals surface area contributed by atoms with E-state index in [0.717, 1.165) is 23.8 Å². The Morgan fingerprint density at radius 2 is 2.00 bits per heavy atom. The molecule has 13 heavy (non-hydrogen) atoms. The van der Waals surface area contributed by atoms with E-state index in [0.29, 0.717) is 0 Å². The summed E-state index contributed by atoms with van der Waals surface area (Å²) in [6.07, 6.45) is 1.33. The smallest absolute Gasteiger partial charge is 0.0123 e. The fourth-order valence-electron chi connectivity index (χ4n) is 2.75. The third-order valence-electron chi connectivity index (χ3n) is 3.55. The van der Waals surface area contributed by atoms with Crippen LogP contribution in [0.1, 0.15) is 27.7 Å². The predicted molar refractivity (Wildman–Crippen MR) is 57.8 cm³/mol. The van der Waals surface area contributed by atoms with E-state index in [9.17, 15) is 0 Å². The van der Waals surface area contributed by atoms with Crippen LogP contribution in [0.15, 0.2) is 0 Å². The highest BCUT2D eigenvalue weighted by Gasteiger charge is 2.38. The van der Waals surface area contributed by atoms with Gasteiger partial charge in [-0.25, -0.2) is 0 Å². The Kier molecular flexibility index (Phi) is 3.74. The molecule has 2 aliphatic rings. The van der Waals surface area contributed by atoms with Crippen LogP contribution in [-0.4, -0.2) is 25.7 Å². The average Bonchev–Trinajstić information content (AvgIpc) is 2.47. The number of piperidine rings is 1. The van der Waals surface area contributed by atoms with Gasteiger partial charge in [0.2, 0.25) is 0 Å². The summed E-state index contributed by atoms with van der Waals surface area (Å²) in [4.78, 5) is 0. The van der Waals surface area contributed by atoms with Crippen molar-refractivity contribution < 1.29 is 0 Å². The largest absolute Gasteiger partial charge is 0.316 e. The van der Waals surface area contributed by atoms with Crippen LogP contribution in [0.3, 0.4) is 0 Å². The minimum Gasteiger partial charge on any atom is -0.316 e. The van der Waals surface area contributed by atoms with Gasteiger partial charge in [0.1, 0.15) is 0 Å². The SMILES string of the molecule is C.CC(C)C1CNC2CCNCC21. The molecule has 0 aliphatic carbocycles. The van der Waals surface area contributed by atoms with Crippen molar-refractivity contribution >= 4 is 0 Å². The van der Waals surface area contributed by atoms with E-state index in [1.54, 1.807) is 0 Å². The monoisotopic (exact) mass is 184 g/mol. The lowest BCUT2D eigenvalue weighted by molar-refractivity contribution is 0.248. The molecule has 2 aliphatic heterocycles. The molecule has 0 spiro atoms. The quantitative estimate of drug-likeness (QED) is 0.645. The summed E-state index contributed by atoms with van der Waals surface area (Å²) in [5.41, 5.74) is 0. The van der Waals surface area contributed by atoms with Crippen LogP contribution in [0.5, 0.6) is 0 Å². The molecule has 3 unspecified atom stereocenters. The molecule has 2 nitrogen and oxygen atoms in total. The highest BCUT2D eigenvalue weighted by atomic mass is 15.0. The van der Waals surface area contributed by atoms with Crippen LogP contribution >= 0.6 is 0 Å². The van der Waals surface area contributed by atoms with E-state index in [2.05, 4.69) is 24.5 Å². The summed E-state index contributed by atoms with van der Waals surface area (Å²) in [5.74, 6) is 2.65. The Morgan fingerprint density at radius 3 is 2.69 bits per heavy atom. The van der Waals surface area contributed by atoms with E-state index in [1.165, 1.54) is 26.1 Å². The van der Waals surface area contributed by atoms with Gasteiger partial charge in [0.15, 0.2) is 0 Å². The molecule has 2 N–H and O–H groups in total. The van der Waals surface area contributed by atoms with Gasteiger partial charge >= 0.3 is 0 Å². The third kappa shape index (κ3) is 2.05. The number of rotatable bonds is 1. The van der Waals surface area contributed by atoms with Crippen molar-refractivity contribution in [3.63, 3.8) is 0 Å². The Labute approximate surface area is 82.5 Å². The molecule has 78 valence electrons. The molecule has 0 bridgehead atoms. The van der Waals surface area contributed by atoms with Gasteiger partial charge in [-0.2, -0.15) is 0 Å². The lowest BCUT2D eigenvalue weighted by Crippen LogP contribution is -2.43. The van der Waals surface area contributed by atoms with E-state index in [4.69, 9.17) is 0 Å². The topological polar surface area (TPSA) is 24.1 Å². The van der Waals surface area contributed by atoms with Gasteiger partial charge in [0.05, 0.1) is 0 Å². The van der Waals surface area contributed by atoms with Crippen molar-refractivity contribution in [2.75, 3.05) is 19.6 Å². The number of hydrogen-bond donors (Lipinski definition) is 2. The van der Waals surface area contributed by atoms with E-state index >= 15 is 0 Å². The maximum absolute atomic E-state index is 3.65. The van der Waals surface area contributed by atoms with Crippen LogP contribution in [0, 0.1) is 17.8 Å². The standard InChI is InChI=1S/C10H20N2.CH4/c1-7(2)8-6-12-10-3-4-11-5-9(8)10;/h7-12H,3-6H2,1-2H3;1H4. The van der Waals surface area contributed by atoms with Crippen molar-refractivity contribution in [1.29, 1.82) is 0 Å². The van der Waals surface area contributed by atoms with Crippen LogP contribution in [-0.2, 0) is 0 Å².